The van der Waals surface area contributed by atoms with Crippen LogP contribution in [0.1, 0.15) is 17.4 Å². The molecular formula is C8H9N3OS. The van der Waals surface area contributed by atoms with Crippen LogP contribution in [0.25, 0.3) is 4.96 Å². The Labute approximate surface area is 79.0 Å². The highest BCUT2D eigenvalue weighted by Crippen LogP contribution is 2.13. The molecule has 0 aliphatic heterocycles. The predicted octanol–water partition coefficient (Wildman–Crippen LogP) is 0.926. The molecule has 4 nitrogen and oxygen atoms in total. The van der Waals surface area contributed by atoms with E-state index in [0.29, 0.717) is 5.69 Å². The molecule has 0 saturated carbocycles. The van der Waals surface area contributed by atoms with Crippen LogP contribution in [0.3, 0.4) is 0 Å². The lowest BCUT2D eigenvalue weighted by molar-refractivity contribution is 0.0962. The number of aromatic nitrogens is 2. The van der Waals surface area contributed by atoms with Crippen molar-refractivity contribution in [3.05, 3.63) is 23.5 Å². The topological polar surface area (TPSA) is 60.4 Å². The highest BCUT2D eigenvalue weighted by molar-refractivity contribution is 7.15. The van der Waals surface area contributed by atoms with E-state index in [1.54, 1.807) is 17.5 Å². The highest BCUT2D eigenvalue weighted by atomic mass is 32.1. The summed E-state index contributed by atoms with van der Waals surface area (Å²) in [6.45, 7) is 1.67. The number of hydrogen-bond donors (Lipinski definition) is 1. The first-order chi connectivity index (χ1) is 6.20. The fourth-order valence-corrected chi connectivity index (χ4v) is 1.83. The lowest BCUT2D eigenvalue weighted by atomic mass is 10.2. The third kappa shape index (κ3) is 1.26. The van der Waals surface area contributed by atoms with Gasteiger partial charge in [0.2, 0.25) is 0 Å². The van der Waals surface area contributed by atoms with Crippen LogP contribution in [0.2, 0.25) is 0 Å². The molecule has 0 aromatic carbocycles. The number of ketones is 1. The summed E-state index contributed by atoms with van der Waals surface area (Å²) < 4.78 is 1.76. The zero-order valence-corrected chi connectivity index (χ0v) is 7.91. The van der Waals surface area contributed by atoms with E-state index >= 15 is 0 Å². The summed E-state index contributed by atoms with van der Waals surface area (Å²) in [4.78, 5) is 16.4. The first-order valence-electron chi connectivity index (χ1n) is 3.90. The number of nitrogens with two attached hydrogens (primary N) is 1. The Morgan fingerprint density at radius 2 is 2.54 bits per heavy atom. The van der Waals surface area contributed by atoms with Crippen molar-refractivity contribution in [2.45, 2.75) is 13.0 Å². The minimum absolute atomic E-state index is 0.0779. The van der Waals surface area contributed by atoms with Crippen molar-refractivity contribution in [3.8, 4) is 0 Å². The number of imidazole rings is 1. The smallest absolute Gasteiger partial charge is 0.197 e. The average molecular weight is 195 g/mol. The Balaban J connectivity index is 2.54. The van der Waals surface area contributed by atoms with Crippen molar-refractivity contribution >= 4 is 22.1 Å². The first kappa shape index (κ1) is 8.40. The van der Waals surface area contributed by atoms with Crippen LogP contribution in [-0.4, -0.2) is 21.2 Å². The molecular weight excluding hydrogens is 186 g/mol. The third-order valence-corrected chi connectivity index (χ3v) is 2.58. The number of Topliss-reactive ketones (excluding diaryl/α,β-unsaturated/α-hetero) is 1. The molecule has 0 spiro atoms. The second-order valence-electron chi connectivity index (χ2n) is 2.85. The van der Waals surface area contributed by atoms with Crippen LogP contribution in [0.5, 0.6) is 0 Å². The van der Waals surface area contributed by atoms with Gasteiger partial charge in [0.15, 0.2) is 10.7 Å². The summed E-state index contributed by atoms with van der Waals surface area (Å²) in [6, 6.07) is -0.472. The minimum Gasteiger partial charge on any atom is -0.321 e. The summed E-state index contributed by atoms with van der Waals surface area (Å²) in [5.41, 5.74) is 6.06. The molecule has 13 heavy (non-hydrogen) atoms. The summed E-state index contributed by atoms with van der Waals surface area (Å²) >= 11 is 1.50. The van der Waals surface area contributed by atoms with Gasteiger partial charge in [-0.15, -0.1) is 11.3 Å². The molecule has 0 fully saturated rings. The van der Waals surface area contributed by atoms with Gasteiger partial charge in [-0.3, -0.25) is 9.20 Å². The number of hydrogen-bond acceptors (Lipinski definition) is 4. The van der Waals surface area contributed by atoms with E-state index in [4.69, 9.17) is 5.73 Å². The maximum absolute atomic E-state index is 11.5. The number of carbonyl (C=O) groups excluding carboxylic acids is 1. The molecule has 2 aromatic rings. The predicted molar refractivity (Wildman–Crippen MR) is 51.0 cm³/mol. The fraction of sp³-hybridized carbons (Fsp3) is 0.250. The van der Waals surface area contributed by atoms with Crippen LogP contribution in [-0.2, 0) is 0 Å². The molecule has 2 aromatic heterocycles. The van der Waals surface area contributed by atoms with Gasteiger partial charge < -0.3 is 5.73 Å². The molecule has 2 heterocycles. The summed E-state index contributed by atoms with van der Waals surface area (Å²) in [7, 11) is 0. The van der Waals surface area contributed by atoms with Gasteiger partial charge >= 0.3 is 0 Å². The van der Waals surface area contributed by atoms with E-state index in [0.717, 1.165) is 4.96 Å². The lowest BCUT2D eigenvalue weighted by Gasteiger charge is -2.01. The van der Waals surface area contributed by atoms with Crippen molar-refractivity contribution in [2.75, 3.05) is 0 Å². The van der Waals surface area contributed by atoms with E-state index in [9.17, 15) is 4.79 Å². The van der Waals surface area contributed by atoms with E-state index in [1.165, 1.54) is 11.3 Å². The first-order valence-corrected chi connectivity index (χ1v) is 4.78. The van der Waals surface area contributed by atoms with Gasteiger partial charge in [0, 0.05) is 11.6 Å². The van der Waals surface area contributed by atoms with Gasteiger partial charge in [0.25, 0.3) is 0 Å². The van der Waals surface area contributed by atoms with Crippen LogP contribution < -0.4 is 5.73 Å². The molecule has 2 rings (SSSR count). The molecule has 1 atom stereocenters. The van der Waals surface area contributed by atoms with E-state index in [2.05, 4.69) is 4.98 Å². The van der Waals surface area contributed by atoms with Crippen molar-refractivity contribution in [2.24, 2.45) is 5.73 Å². The zero-order valence-electron chi connectivity index (χ0n) is 7.10. The number of carbonyl (C=O) groups is 1. The molecule has 0 amide bonds. The maximum Gasteiger partial charge on any atom is 0.197 e. The van der Waals surface area contributed by atoms with Crippen molar-refractivity contribution in [3.63, 3.8) is 0 Å². The molecule has 0 radical (unpaired) electrons. The largest absolute Gasteiger partial charge is 0.321 e. The fourth-order valence-electron chi connectivity index (χ4n) is 1.14. The second-order valence-corrected chi connectivity index (χ2v) is 3.72. The zero-order chi connectivity index (χ0) is 9.42. The molecule has 0 bridgehead atoms. The van der Waals surface area contributed by atoms with Gasteiger partial charge in [-0.05, 0) is 6.92 Å². The molecule has 5 heteroatoms. The Kier molecular flexibility index (Phi) is 1.90. The average Bonchev–Trinajstić information content (AvgIpc) is 2.61. The Morgan fingerprint density at radius 3 is 3.23 bits per heavy atom. The monoisotopic (exact) mass is 195 g/mol. The highest BCUT2D eigenvalue weighted by Gasteiger charge is 2.15. The van der Waals surface area contributed by atoms with E-state index in [1.807, 2.05) is 11.6 Å². The molecule has 2 N–H and O–H groups in total. The normalized spacial score (nSPS) is 13.4. The molecule has 0 saturated heterocycles. The second kappa shape index (κ2) is 2.93. The van der Waals surface area contributed by atoms with Gasteiger partial charge in [-0.25, -0.2) is 4.98 Å². The van der Waals surface area contributed by atoms with Crippen LogP contribution in [0.4, 0.5) is 0 Å². The SMILES string of the molecule is CC(N)C(=O)c1cnc2sccn12. The van der Waals surface area contributed by atoms with E-state index in [-0.39, 0.29) is 5.78 Å². The van der Waals surface area contributed by atoms with Crippen molar-refractivity contribution in [1.29, 1.82) is 0 Å². The van der Waals surface area contributed by atoms with Gasteiger partial charge in [-0.2, -0.15) is 0 Å². The molecule has 1 unspecified atom stereocenters. The Bertz CT molecular complexity index is 443. The quantitative estimate of drug-likeness (QED) is 0.725. The number of fused-ring (bicyclic) bond motifs is 1. The number of nitrogens with zero attached hydrogens (tertiary/aromatic N) is 2. The van der Waals surface area contributed by atoms with Gasteiger partial charge in [-0.1, -0.05) is 0 Å². The maximum atomic E-state index is 11.5. The van der Waals surface area contributed by atoms with Crippen LogP contribution in [0.15, 0.2) is 17.8 Å². The number of rotatable bonds is 2. The Morgan fingerprint density at radius 1 is 1.77 bits per heavy atom. The van der Waals surface area contributed by atoms with Crippen molar-refractivity contribution in [1.82, 2.24) is 9.38 Å². The summed E-state index contributed by atoms with van der Waals surface area (Å²) in [5, 5.41) is 1.89. The third-order valence-electron chi connectivity index (χ3n) is 1.81. The lowest BCUT2D eigenvalue weighted by Crippen LogP contribution is -2.27. The minimum atomic E-state index is -0.472. The van der Waals surface area contributed by atoms with Gasteiger partial charge in [0.05, 0.1) is 12.2 Å². The summed E-state index contributed by atoms with van der Waals surface area (Å²) in [5.74, 6) is -0.0779. The van der Waals surface area contributed by atoms with Crippen LogP contribution >= 0.6 is 11.3 Å². The standard InChI is InChI=1S/C8H9N3OS/c1-5(9)7(12)6-4-10-8-11(6)2-3-13-8/h2-5H,9H2,1H3. The molecule has 68 valence electrons. The van der Waals surface area contributed by atoms with Crippen LogP contribution in [0, 0.1) is 0 Å². The van der Waals surface area contributed by atoms with Gasteiger partial charge in [0.1, 0.15) is 5.69 Å². The Hall–Kier alpha value is -1.20. The summed E-state index contributed by atoms with van der Waals surface area (Å²) in [6.07, 6.45) is 3.39. The van der Waals surface area contributed by atoms with Crippen molar-refractivity contribution < 1.29 is 4.79 Å². The van der Waals surface area contributed by atoms with E-state index < -0.39 is 6.04 Å². The molecule has 0 aliphatic rings. The molecule has 0 aliphatic carbocycles. The number of thiazole rings is 1.